The summed E-state index contributed by atoms with van der Waals surface area (Å²) >= 11 is 3.31. The fourth-order valence-electron chi connectivity index (χ4n) is 1.49. The van der Waals surface area contributed by atoms with Gasteiger partial charge in [-0.2, -0.15) is 5.26 Å². The second-order valence-corrected chi connectivity index (χ2v) is 5.92. The number of hydrogen-bond acceptors (Lipinski definition) is 5. The van der Waals surface area contributed by atoms with E-state index in [1.54, 1.807) is 30.2 Å². The first-order valence-corrected chi connectivity index (χ1v) is 7.69. The minimum Gasteiger partial charge on any atom is -0.375 e. The van der Waals surface area contributed by atoms with Crippen molar-refractivity contribution in [3.8, 4) is 6.07 Å². The molecular weight excluding hydrogens is 276 g/mol. The third-order valence-electron chi connectivity index (χ3n) is 2.62. The van der Waals surface area contributed by atoms with Crippen LogP contribution in [0.5, 0.6) is 0 Å². The summed E-state index contributed by atoms with van der Waals surface area (Å²) in [5, 5.41) is 11.9. The lowest BCUT2D eigenvalue weighted by atomic mass is 10.2. The number of thiazole rings is 1. The molecule has 2 rings (SSSR count). The maximum Gasteiger partial charge on any atom is 0.122 e. The van der Waals surface area contributed by atoms with E-state index in [4.69, 9.17) is 10.00 Å². The third kappa shape index (κ3) is 3.80. The second kappa shape index (κ2) is 6.71. The molecule has 19 heavy (non-hydrogen) atoms. The first-order chi connectivity index (χ1) is 9.22. The smallest absolute Gasteiger partial charge is 0.122 e. The van der Waals surface area contributed by atoms with Gasteiger partial charge in [0.1, 0.15) is 11.1 Å². The van der Waals surface area contributed by atoms with Crippen molar-refractivity contribution >= 4 is 23.1 Å². The summed E-state index contributed by atoms with van der Waals surface area (Å²) < 4.78 is 5.25. The van der Waals surface area contributed by atoms with Crippen LogP contribution in [0.15, 0.2) is 34.5 Å². The van der Waals surface area contributed by atoms with Gasteiger partial charge in [-0.05, 0) is 25.1 Å². The molecule has 0 radical (unpaired) electrons. The summed E-state index contributed by atoms with van der Waals surface area (Å²) in [6, 6.07) is 9.77. The molecule has 1 atom stereocenters. The summed E-state index contributed by atoms with van der Waals surface area (Å²) in [5.74, 6) is 0.807. The Labute approximate surface area is 121 Å². The Morgan fingerprint density at radius 2 is 2.37 bits per heavy atom. The van der Waals surface area contributed by atoms with Crippen molar-refractivity contribution in [1.29, 1.82) is 5.26 Å². The molecule has 0 amide bonds. The highest BCUT2D eigenvalue weighted by atomic mass is 32.2. The largest absolute Gasteiger partial charge is 0.375 e. The Morgan fingerprint density at radius 3 is 3.11 bits per heavy atom. The average molecular weight is 290 g/mol. The van der Waals surface area contributed by atoms with Crippen LogP contribution in [0.2, 0.25) is 0 Å². The molecule has 0 unspecified atom stereocenters. The van der Waals surface area contributed by atoms with E-state index in [0.29, 0.717) is 5.56 Å². The minimum absolute atomic E-state index is 0.0469. The molecular formula is C14H14N2OS2. The SMILES string of the molecule is CO[C@@H](C)c1nc(CSc2cccc(C#N)c2)cs1. The second-order valence-electron chi connectivity index (χ2n) is 3.98. The molecule has 1 aromatic carbocycles. The lowest BCUT2D eigenvalue weighted by molar-refractivity contribution is 0.119. The van der Waals surface area contributed by atoms with Crippen molar-refractivity contribution in [3.05, 3.63) is 45.9 Å². The van der Waals surface area contributed by atoms with E-state index in [-0.39, 0.29) is 6.10 Å². The van der Waals surface area contributed by atoms with Crippen molar-refractivity contribution in [2.45, 2.75) is 23.7 Å². The molecule has 0 spiro atoms. The van der Waals surface area contributed by atoms with E-state index in [1.807, 2.05) is 31.2 Å². The molecule has 0 saturated carbocycles. The van der Waals surface area contributed by atoms with Crippen LogP contribution >= 0.6 is 23.1 Å². The minimum atomic E-state index is 0.0469. The maximum atomic E-state index is 8.86. The average Bonchev–Trinajstić information content (AvgIpc) is 2.93. The molecule has 0 fully saturated rings. The van der Waals surface area contributed by atoms with Gasteiger partial charge in [0.25, 0.3) is 0 Å². The van der Waals surface area contributed by atoms with E-state index in [9.17, 15) is 0 Å². The number of nitrogens with zero attached hydrogens (tertiary/aromatic N) is 2. The predicted octanol–water partition coefficient (Wildman–Crippen LogP) is 4.01. The molecule has 5 heteroatoms. The van der Waals surface area contributed by atoms with E-state index in [0.717, 1.165) is 21.3 Å². The highest BCUT2D eigenvalue weighted by molar-refractivity contribution is 7.98. The zero-order valence-corrected chi connectivity index (χ0v) is 12.4. The van der Waals surface area contributed by atoms with Gasteiger partial charge in [-0.25, -0.2) is 4.98 Å². The predicted molar refractivity (Wildman–Crippen MR) is 78.3 cm³/mol. The molecule has 3 nitrogen and oxygen atoms in total. The van der Waals surface area contributed by atoms with Crippen molar-refractivity contribution in [2.75, 3.05) is 7.11 Å². The number of benzene rings is 1. The number of nitriles is 1. The van der Waals surface area contributed by atoms with Crippen LogP contribution in [0.3, 0.4) is 0 Å². The van der Waals surface area contributed by atoms with E-state index >= 15 is 0 Å². The third-order valence-corrected chi connectivity index (χ3v) is 4.70. The summed E-state index contributed by atoms with van der Waals surface area (Å²) in [6.45, 7) is 1.99. The quantitative estimate of drug-likeness (QED) is 0.780. The number of aromatic nitrogens is 1. The van der Waals surface area contributed by atoms with Gasteiger partial charge in [-0.3, -0.25) is 0 Å². The van der Waals surface area contributed by atoms with Gasteiger partial charge in [0.15, 0.2) is 0 Å². The number of thioether (sulfide) groups is 1. The zero-order chi connectivity index (χ0) is 13.7. The lowest BCUT2D eigenvalue weighted by Crippen LogP contribution is -1.95. The molecule has 0 aliphatic rings. The van der Waals surface area contributed by atoms with Gasteiger partial charge in [0.2, 0.25) is 0 Å². The standard InChI is InChI=1S/C14H14N2OS2/c1-10(17-2)14-16-12(9-19-14)8-18-13-5-3-4-11(6-13)7-15/h3-6,9-10H,8H2,1-2H3/t10-/m0/s1. The van der Waals surface area contributed by atoms with Crippen LogP contribution in [-0.2, 0) is 10.5 Å². The number of methoxy groups -OCH3 is 1. The van der Waals surface area contributed by atoms with Crippen LogP contribution in [-0.4, -0.2) is 12.1 Å². The molecule has 0 bridgehead atoms. The van der Waals surface area contributed by atoms with Crippen molar-refractivity contribution < 1.29 is 4.74 Å². The maximum absolute atomic E-state index is 8.86. The lowest BCUT2D eigenvalue weighted by Gasteiger charge is -2.03. The number of ether oxygens (including phenoxy) is 1. The Balaban J connectivity index is 1.98. The fraction of sp³-hybridized carbons (Fsp3) is 0.286. The molecule has 0 N–H and O–H groups in total. The molecule has 2 aromatic rings. The van der Waals surface area contributed by atoms with E-state index < -0.39 is 0 Å². The fourth-order valence-corrected chi connectivity index (χ4v) is 3.29. The van der Waals surface area contributed by atoms with Gasteiger partial charge >= 0.3 is 0 Å². The molecule has 0 saturated heterocycles. The van der Waals surface area contributed by atoms with E-state index in [2.05, 4.69) is 16.4 Å². The molecule has 98 valence electrons. The molecule has 1 heterocycles. The zero-order valence-electron chi connectivity index (χ0n) is 10.8. The normalized spacial score (nSPS) is 12.1. The van der Waals surface area contributed by atoms with Gasteiger partial charge in [-0.1, -0.05) is 6.07 Å². The highest BCUT2D eigenvalue weighted by Crippen LogP contribution is 2.26. The topological polar surface area (TPSA) is 45.9 Å². The van der Waals surface area contributed by atoms with Crippen LogP contribution in [0.25, 0.3) is 0 Å². The first kappa shape index (κ1) is 14.1. The number of rotatable bonds is 5. The molecule has 0 aliphatic carbocycles. The molecule has 0 aliphatic heterocycles. The number of hydrogen-bond donors (Lipinski definition) is 0. The van der Waals surface area contributed by atoms with Crippen LogP contribution in [0.4, 0.5) is 0 Å². The summed E-state index contributed by atoms with van der Waals surface area (Å²) in [7, 11) is 1.69. The van der Waals surface area contributed by atoms with Gasteiger partial charge < -0.3 is 4.74 Å². The Hall–Kier alpha value is -1.35. The first-order valence-electron chi connectivity index (χ1n) is 5.83. The molecule has 1 aromatic heterocycles. The Morgan fingerprint density at radius 1 is 1.53 bits per heavy atom. The summed E-state index contributed by atoms with van der Waals surface area (Å²) in [4.78, 5) is 5.64. The van der Waals surface area contributed by atoms with Crippen molar-refractivity contribution in [2.24, 2.45) is 0 Å². The van der Waals surface area contributed by atoms with Crippen LogP contribution < -0.4 is 0 Å². The summed E-state index contributed by atoms with van der Waals surface area (Å²) in [6.07, 6.45) is 0.0469. The Kier molecular flexibility index (Phi) is 4.97. The Bertz CT molecular complexity index is 589. The van der Waals surface area contributed by atoms with Gasteiger partial charge in [0.05, 0.1) is 17.3 Å². The highest BCUT2D eigenvalue weighted by Gasteiger charge is 2.09. The van der Waals surface area contributed by atoms with Gasteiger partial charge in [-0.15, -0.1) is 23.1 Å². The summed E-state index contributed by atoms with van der Waals surface area (Å²) in [5.41, 5.74) is 1.74. The monoisotopic (exact) mass is 290 g/mol. The van der Waals surface area contributed by atoms with Crippen LogP contribution in [0.1, 0.15) is 29.3 Å². The van der Waals surface area contributed by atoms with Crippen molar-refractivity contribution in [1.82, 2.24) is 4.98 Å². The van der Waals surface area contributed by atoms with Crippen LogP contribution in [0, 0.1) is 11.3 Å². The van der Waals surface area contributed by atoms with Crippen molar-refractivity contribution in [3.63, 3.8) is 0 Å². The van der Waals surface area contributed by atoms with Gasteiger partial charge in [0, 0.05) is 23.1 Å². The van der Waals surface area contributed by atoms with E-state index in [1.165, 1.54) is 0 Å².